The predicted octanol–water partition coefficient (Wildman–Crippen LogP) is 1.40. The maximum atomic E-state index is 11.7. The molecule has 1 heterocycles. The van der Waals surface area contributed by atoms with E-state index in [2.05, 4.69) is 5.32 Å². The van der Waals surface area contributed by atoms with E-state index in [0.29, 0.717) is 12.5 Å². The monoisotopic (exact) mass is 242 g/mol. The molecule has 1 rings (SSSR count). The van der Waals surface area contributed by atoms with Gasteiger partial charge in [-0.25, -0.2) is 0 Å². The molecule has 17 heavy (non-hydrogen) atoms. The fourth-order valence-corrected chi connectivity index (χ4v) is 2.16. The first-order chi connectivity index (χ1) is 8.27. The van der Waals surface area contributed by atoms with Crippen molar-refractivity contribution in [1.29, 1.82) is 0 Å². The van der Waals surface area contributed by atoms with E-state index in [9.17, 15) is 4.79 Å². The van der Waals surface area contributed by atoms with Crippen molar-refractivity contribution in [1.82, 2.24) is 10.2 Å². The van der Waals surface area contributed by atoms with Crippen molar-refractivity contribution in [2.45, 2.75) is 45.6 Å². The Morgan fingerprint density at radius 3 is 2.71 bits per heavy atom. The summed E-state index contributed by atoms with van der Waals surface area (Å²) in [6.07, 6.45) is 4.56. The quantitative estimate of drug-likeness (QED) is 0.686. The van der Waals surface area contributed by atoms with Crippen LogP contribution in [0.4, 0.5) is 0 Å². The lowest BCUT2D eigenvalue weighted by Gasteiger charge is -2.23. The number of hydrogen-bond acceptors (Lipinski definition) is 3. The molecule has 100 valence electrons. The topological polar surface area (TPSA) is 41.6 Å². The van der Waals surface area contributed by atoms with E-state index in [1.807, 2.05) is 18.7 Å². The molecule has 1 amide bonds. The average molecular weight is 242 g/mol. The first-order valence-electron chi connectivity index (χ1n) is 6.88. The number of nitrogens with one attached hydrogen (secondary N) is 1. The Balaban J connectivity index is 2.04. The average Bonchev–Trinajstić information content (AvgIpc) is 2.37. The Kier molecular flexibility index (Phi) is 7.21. The molecule has 1 saturated heterocycles. The Morgan fingerprint density at radius 1 is 1.35 bits per heavy atom. The Morgan fingerprint density at radius 2 is 2.12 bits per heavy atom. The molecule has 4 nitrogen and oxygen atoms in total. The van der Waals surface area contributed by atoms with Crippen LogP contribution in [0, 0.1) is 0 Å². The van der Waals surface area contributed by atoms with Crippen LogP contribution in [-0.2, 0) is 9.53 Å². The molecule has 0 bridgehead atoms. The standard InChI is InChI=1S/C13H26N2O2/c1-3-15(4-2)13(16)8-9-14-11-12-7-5-6-10-17-12/h12,14H,3-11H2,1-2H3. The summed E-state index contributed by atoms with van der Waals surface area (Å²) in [5.74, 6) is 0.243. The van der Waals surface area contributed by atoms with E-state index in [1.54, 1.807) is 0 Å². The molecule has 1 unspecified atom stereocenters. The van der Waals surface area contributed by atoms with Crippen LogP contribution in [0.1, 0.15) is 39.5 Å². The summed E-state index contributed by atoms with van der Waals surface area (Å²) in [5.41, 5.74) is 0. The first-order valence-corrected chi connectivity index (χ1v) is 6.88. The highest BCUT2D eigenvalue weighted by molar-refractivity contribution is 5.76. The number of hydrogen-bond donors (Lipinski definition) is 1. The second kappa shape index (κ2) is 8.48. The second-order valence-electron chi connectivity index (χ2n) is 4.51. The van der Waals surface area contributed by atoms with Gasteiger partial charge in [-0.15, -0.1) is 0 Å². The highest BCUT2D eigenvalue weighted by Crippen LogP contribution is 2.11. The summed E-state index contributed by atoms with van der Waals surface area (Å²) in [4.78, 5) is 13.6. The molecule has 0 aromatic heterocycles. The van der Waals surface area contributed by atoms with Gasteiger partial charge in [0.15, 0.2) is 0 Å². The highest BCUT2D eigenvalue weighted by atomic mass is 16.5. The van der Waals surface area contributed by atoms with Crippen molar-refractivity contribution >= 4 is 5.91 Å². The van der Waals surface area contributed by atoms with E-state index in [1.165, 1.54) is 12.8 Å². The fraction of sp³-hybridized carbons (Fsp3) is 0.923. The van der Waals surface area contributed by atoms with Gasteiger partial charge in [0.2, 0.25) is 5.91 Å². The third-order valence-electron chi connectivity index (χ3n) is 3.28. The summed E-state index contributed by atoms with van der Waals surface area (Å²) in [6.45, 7) is 8.18. The SMILES string of the molecule is CCN(CC)C(=O)CCNCC1CCCCO1. The summed E-state index contributed by atoms with van der Waals surface area (Å²) in [7, 11) is 0. The fourth-order valence-electron chi connectivity index (χ4n) is 2.16. The maximum absolute atomic E-state index is 11.7. The van der Waals surface area contributed by atoms with Crippen LogP contribution in [0.15, 0.2) is 0 Å². The molecule has 1 aliphatic rings. The molecule has 0 aliphatic carbocycles. The van der Waals surface area contributed by atoms with Gasteiger partial charge in [-0.05, 0) is 33.1 Å². The van der Waals surface area contributed by atoms with Gasteiger partial charge in [0.05, 0.1) is 6.10 Å². The second-order valence-corrected chi connectivity index (χ2v) is 4.51. The molecular weight excluding hydrogens is 216 g/mol. The van der Waals surface area contributed by atoms with Gasteiger partial charge in [0, 0.05) is 39.2 Å². The minimum atomic E-state index is 0.243. The number of carbonyl (C=O) groups excluding carboxylic acids is 1. The number of rotatable bonds is 7. The van der Waals surface area contributed by atoms with Gasteiger partial charge in [-0.2, -0.15) is 0 Å². The van der Waals surface area contributed by atoms with Crippen molar-refractivity contribution in [2.24, 2.45) is 0 Å². The van der Waals surface area contributed by atoms with Gasteiger partial charge in [-0.1, -0.05) is 0 Å². The zero-order valence-corrected chi connectivity index (χ0v) is 11.2. The normalized spacial score (nSPS) is 20.2. The molecule has 1 atom stereocenters. The third-order valence-corrected chi connectivity index (χ3v) is 3.28. The lowest BCUT2D eigenvalue weighted by molar-refractivity contribution is -0.130. The number of amides is 1. The third kappa shape index (κ3) is 5.50. The van der Waals surface area contributed by atoms with Crippen molar-refractivity contribution in [3.05, 3.63) is 0 Å². The maximum Gasteiger partial charge on any atom is 0.223 e. The zero-order chi connectivity index (χ0) is 12.5. The molecule has 0 saturated carbocycles. The summed E-state index contributed by atoms with van der Waals surface area (Å²) >= 11 is 0. The van der Waals surface area contributed by atoms with E-state index in [4.69, 9.17) is 4.74 Å². The van der Waals surface area contributed by atoms with E-state index in [0.717, 1.165) is 39.2 Å². The van der Waals surface area contributed by atoms with Crippen LogP contribution in [0.25, 0.3) is 0 Å². The smallest absolute Gasteiger partial charge is 0.223 e. The zero-order valence-electron chi connectivity index (χ0n) is 11.2. The van der Waals surface area contributed by atoms with Gasteiger partial charge < -0.3 is 15.0 Å². The summed E-state index contributed by atoms with van der Waals surface area (Å²) < 4.78 is 5.62. The predicted molar refractivity (Wildman–Crippen MR) is 69.0 cm³/mol. The van der Waals surface area contributed by atoms with Crippen LogP contribution in [0.2, 0.25) is 0 Å². The Hall–Kier alpha value is -0.610. The first kappa shape index (κ1) is 14.5. The van der Waals surface area contributed by atoms with E-state index < -0.39 is 0 Å². The minimum absolute atomic E-state index is 0.243. The molecule has 0 aromatic carbocycles. The van der Waals surface area contributed by atoms with Crippen LogP contribution in [0.3, 0.4) is 0 Å². The molecule has 0 aromatic rings. The van der Waals surface area contributed by atoms with Crippen molar-refractivity contribution in [3.63, 3.8) is 0 Å². The molecule has 4 heteroatoms. The molecule has 1 aliphatic heterocycles. The van der Waals surface area contributed by atoms with Gasteiger partial charge in [-0.3, -0.25) is 4.79 Å². The lowest BCUT2D eigenvalue weighted by atomic mass is 10.1. The molecule has 0 radical (unpaired) electrons. The van der Waals surface area contributed by atoms with Gasteiger partial charge in [0.1, 0.15) is 0 Å². The number of carbonyl (C=O) groups is 1. The van der Waals surface area contributed by atoms with Crippen molar-refractivity contribution in [2.75, 3.05) is 32.8 Å². The lowest BCUT2D eigenvalue weighted by Crippen LogP contribution is -2.36. The van der Waals surface area contributed by atoms with Crippen molar-refractivity contribution in [3.8, 4) is 0 Å². The van der Waals surface area contributed by atoms with Gasteiger partial charge in [0.25, 0.3) is 0 Å². The Labute approximate surface area is 105 Å². The van der Waals surface area contributed by atoms with E-state index in [-0.39, 0.29) is 5.91 Å². The van der Waals surface area contributed by atoms with Gasteiger partial charge >= 0.3 is 0 Å². The van der Waals surface area contributed by atoms with Crippen LogP contribution in [0.5, 0.6) is 0 Å². The Bertz CT molecular complexity index is 211. The minimum Gasteiger partial charge on any atom is -0.377 e. The highest BCUT2D eigenvalue weighted by Gasteiger charge is 2.13. The van der Waals surface area contributed by atoms with Crippen LogP contribution in [-0.4, -0.2) is 49.7 Å². The molecular formula is C13H26N2O2. The van der Waals surface area contributed by atoms with Crippen molar-refractivity contribution < 1.29 is 9.53 Å². The molecule has 1 fully saturated rings. The van der Waals surface area contributed by atoms with E-state index >= 15 is 0 Å². The molecule has 0 spiro atoms. The number of nitrogens with zero attached hydrogens (tertiary/aromatic N) is 1. The summed E-state index contributed by atoms with van der Waals surface area (Å²) in [6, 6.07) is 0. The van der Waals surface area contributed by atoms with Crippen LogP contribution < -0.4 is 5.32 Å². The summed E-state index contributed by atoms with van der Waals surface area (Å²) in [5, 5.41) is 3.32. The molecule has 1 N–H and O–H groups in total. The largest absolute Gasteiger partial charge is 0.377 e. The number of ether oxygens (including phenoxy) is 1. The van der Waals surface area contributed by atoms with Crippen LogP contribution >= 0.6 is 0 Å².